The van der Waals surface area contributed by atoms with Gasteiger partial charge in [0.25, 0.3) is 5.91 Å². The van der Waals surface area contributed by atoms with E-state index >= 15 is 0 Å². The monoisotopic (exact) mass is 438 g/mol. The van der Waals surface area contributed by atoms with E-state index < -0.39 is 11.9 Å². The molecule has 0 fully saturated rings. The van der Waals surface area contributed by atoms with Gasteiger partial charge in [-0.2, -0.15) is 0 Å². The van der Waals surface area contributed by atoms with Crippen molar-refractivity contribution in [1.29, 1.82) is 0 Å². The number of anilines is 1. The summed E-state index contributed by atoms with van der Waals surface area (Å²) in [5.74, 6) is -1.11. The predicted octanol–water partition coefficient (Wildman–Crippen LogP) is 4.20. The van der Waals surface area contributed by atoms with Crippen molar-refractivity contribution >= 4 is 23.3 Å². The number of aromatic nitrogens is 1. The van der Waals surface area contributed by atoms with Gasteiger partial charge < -0.3 is 23.8 Å². The van der Waals surface area contributed by atoms with Gasteiger partial charge in [0.2, 0.25) is 5.78 Å². The van der Waals surface area contributed by atoms with Crippen LogP contribution in [0.3, 0.4) is 0 Å². The normalized spacial score (nSPS) is 11.8. The quantitative estimate of drug-likeness (QED) is 0.397. The van der Waals surface area contributed by atoms with Crippen molar-refractivity contribution in [2.24, 2.45) is 0 Å². The third kappa shape index (κ3) is 5.15. The molecule has 3 aromatic rings. The molecule has 168 valence electrons. The SMILES string of the molecule is COCC(C)n1c(C)cc(C(=O)COC(=O)c2ccc(NC(=O)c3ccco3)cc2)c1C. The maximum atomic E-state index is 12.7. The van der Waals surface area contributed by atoms with E-state index in [1.54, 1.807) is 37.4 Å². The minimum Gasteiger partial charge on any atom is -0.459 e. The Morgan fingerprint density at radius 2 is 1.84 bits per heavy atom. The minimum absolute atomic E-state index is 0.0795. The van der Waals surface area contributed by atoms with Crippen LogP contribution in [0.15, 0.2) is 53.1 Å². The lowest BCUT2D eigenvalue weighted by Gasteiger charge is -2.17. The Morgan fingerprint density at radius 1 is 1.12 bits per heavy atom. The molecule has 0 bridgehead atoms. The number of ketones is 1. The number of nitrogens with zero attached hydrogens (tertiary/aromatic N) is 1. The molecule has 0 aliphatic carbocycles. The highest BCUT2D eigenvalue weighted by molar-refractivity contribution is 6.03. The molecule has 32 heavy (non-hydrogen) atoms. The van der Waals surface area contributed by atoms with Crippen LogP contribution in [0.4, 0.5) is 5.69 Å². The van der Waals surface area contributed by atoms with Gasteiger partial charge in [0.1, 0.15) is 0 Å². The van der Waals surface area contributed by atoms with Crippen LogP contribution >= 0.6 is 0 Å². The number of esters is 1. The molecule has 0 aliphatic rings. The third-order valence-electron chi connectivity index (χ3n) is 5.09. The van der Waals surface area contributed by atoms with Crippen LogP contribution in [0, 0.1) is 13.8 Å². The number of aryl methyl sites for hydroxylation is 1. The van der Waals surface area contributed by atoms with E-state index in [2.05, 4.69) is 5.32 Å². The van der Waals surface area contributed by atoms with Crippen LogP contribution in [-0.2, 0) is 9.47 Å². The van der Waals surface area contributed by atoms with Crippen molar-refractivity contribution in [2.75, 3.05) is 25.6 Å². The molecule has 3 rings (SSSR count). The average Bonchev–Trinajstić information content (AvgIpc) is 3.40. The van der Waals surface area contributed by atoms with Gasteiger partial charge >= 0.3 is 5.97 Å². The fraction of sp³-hybridized carbons (Fsp3) is 0.292. The van der Waals surface area contributed by atoms with Crippen molar-refractivity contribution < 1.29 is 28.3 Å². The molecule has 8 heteroatoms. The first kappa shape index (κ1) is 23.0. The molecule has 0 spiro atoms. The largest absolute Gasteiger partial charge is 0.459 e. The lowest BCUT2D eigenvalue weighted by Crippen LogP contribution is -2.17. The number of carbonyl (C=O) groups is 3. The van der Waals surface area contributed by atoms with Crippen LogP contribution in [-0.4, -0.2) is 42.6 Å². The molecular formula is C24H26N2O6. The summed E-state index contributed by atoms with van der Waals surface area (Å²) in [6.45, 7) is 5.96. The fourth-order valence-electron chi connectivity index (χ4n) is 3.64. The Morgan fingerprint density at radius 3 is 2.47 bits per heavy atom. The molecule has 1 unspecified atom stereocenters. The molecule has 0 radical (unpaired) electrons. The van der Waals surface area contributed by atoms with Gasteiger partial charge in [0, 0.05) is 29.7 Å². The summed E-state index contributed by atoms with van der Waals surface area (Å²) >= 11 is 0. The zero-order chi connectivity index (χ0) is 23.3. The summed E-state index contributed by atoms with van der Waals surface area (Å²) in [5, 5.41) is 2.66. The topological polar surface area (TPSA) is 99.8 Å². The first-order chi connectivity index (χ1) is 15.3. The van der Waals surface area contributed by atoms with Crippen molar-refractivity contribution in [2.45, 2.75) is 26.8 Å². The summed E-state index contributed by atoms with van der Waals surface area (Å²) in [7, 11) is 1.63. The predicted molar refractivity (Wildman–Crippen MR) is 118 cm³/mol. The minimum atomic E-state index is -0.621. The highest BCUT2D eigenvalue weighted by Gasteiger charge is 2.20. The van der Waals surface area contributed by atoms with Gasteiger partial charge in [-0.05, 0) is 63.2 Å². The zero-order valence-electron chi connectivity index (χ0n) is 18.5. The number of nitrogens with one attached hydrogen (secondary N) is 1. The molecule has 2 heterocycles. The Bertz CT molecular complexity index is 1100. The summed E-state index contributed by atoms with van der Waals surface area (Å²) in [6, 6.07) is 11.2. The summed E-state index contributed by atoms with van der Waals surface area (Å²) < 4.78 is 17.5. The Hall–Kier alpha value is -3.65. The number of benzene rings is 1. The van der Waals surface area contributed by atoms with Crippen LogP contribution < -0.4 is 5.32 Å². The fourth-order valence-corrected chi connectivity index (χ4v) is 3.64. The highest BCUT2D eigenvalue weighted by Crippen LogP contribution is 2.21. The number of hydrogen-bond donors (Lipinski definition) is 1. The number of rotatable bonds is 9. The van der Waals surface area contributed by atoms with E-state index in [0.717, 1.165) is 11.4 Å². The smallest absolute Gasteiger partial charge is 0.338 e. The van der Waals surface area contributed by atoms with Crippen LogP contribution in [0.25, 0.3) is 0 Å². The van der Waals surface area contributed by atoms with E-state index in [0.29, 0.717) is 17.9 Å². The number of hydrogen-bond acceptors (Lipinski definition) is 6. The zero-order valence-corrected chi connectivity index (χ0v) is 18.5. The highest BCUT2D eigenvalue weighted by atomic mass is 16.5. The second kappa shape index (κ2) is 10.1. The van der Waals surface area contributed by atoms with Crippen molar-refractivity contribution in [3.63, 3.8) is 0 Å². The number of amides is 1. The van der Waals surface area contributed by atoms with Gasteiger partial charge in [-0.25, -0.2) is 4.79 Å². The Kier molecular flexibility index (Phi) is 7.27. The van der Waals surface area contributed by atoms with Gasteiger partial charge in [-0.3, -0.25) is 9.59 Å². The number of carbonyl (C=O) groups excluding carboxylic acids is 3. The third-order valence-corrected chi connectivity index (χ3v) is 5.09. The molecular weight excluding hydrogens is 412 g/mol. The van der Waals surface area contributed by atoms with Crippen LogP contribution in [0.1, 0.15) is 55.6 Å². The van der Waals surface area contributed by atoms with Gasteiger partial charge in [0.15, 0.2) is 12.4 Å². The standard InChI is InChI=1S/C24H26N2O6/c1-15-12-20(17(3)26(15)16(2)13-30-4)21(27)14-32-24(29)18-7-9-19(10-8-18)25-23(28)22-6-5-11-31-22/h5-12,16H,13-14H2,1-4H3,(H,25,28). The van der Waals surface area contributed by atoms with E-state index in [-0.39, 0.29) is 29.8 Å². The molecule has 0 aliphatic heterocycles. The first-order valence-electron chi connectivity index (χ1n) is 10.1. The van der Waals surface area contributed by atoms with E-state index in [1.807, 2.05) is 25.3 Å². The van der Waals surface area contributed by atoms with E-state index in [4.69, 9.17) is 13.9 Å². The summed E-state index contributed by atoms with van der Waals surface area (Å²) in [5.41, 5.74) is 3.04. The second-order valence-corrected chi connectivity index (χ2v) is 7.47. The van der Waals surface area contributed by atoms with E-state index in [9.17, 15) is 14.4 Å². The molecule has 1 atom stereocenters. The maximum Gasteiger partial charge on any atom is 0.338 e. The van der Waals surface area contributed by atoms with Crippen molar-refractivity contribution in [3.8, 4) is 0 Å². The van der Waals surface area contributed by atoms with E-state index in [1.165, 1.54) is 18.4 Å². The van der Waals surface area contributed by atoms with Gasteiger partial charge in [-0.1, -0.05) is 0 Å². The lowest BCUT2D eigenvalue weighted by molar-refractivity contribution is 0.0474. The number of furan rings is 1. The van der Waals surface area contributed by atoms with Crippen LogP contribution in [0.5, 0.6) is 0 Å². The van der Waals surface area contributed by atoms with Crippen molar-refractivity contribution in [3.05, 3.63) is 77.0 Å². The number of methoxy groups -OCH3 is 1. The van der Waals surface area contributed by atoms with Crippen molar-refractivity contribution in [1.82, 2.24) is 4.57 Å². The molecule has 1 N–H and O–H groups in total. The average molecular weight is 438 g/mol. The Balaban J connectivity index is 1.59. The number of ether oxygens (including phenoxy) is 2. The number of Topliss-reactive ketones (excluding diaryl/α,β-unsaturated/α-hetero) is 1. The van der Waals surface area contributed by atoms with Crippen LogP contribution in [0.2, 0.25) is 0 Å². The Labute approximate surface area is 186 Å². The molecule has 0 saturated heterocycles. The summed E-state index contributed by atoms with van der Waals surface area (Å²) in [4.78, 5) is 37.0. The van der Waals surface area contributed by atoms with Gasteiger partial charge in [-0.15, -0.1) is 0 Å². The molecule has 0 saturated carbocycles. The second-order valence-electron chi connectivity index (χ2n) is 7.47. The maximum absolute atomic E-state index is 12.7. The molecule has 1 amide bonds. The summed E-state index contributed by atoms with van der Waals surface area (Å²) in [6.07, 6.45) is 1.41. The molecule has 2 aromatic heterocycles. The molecule has 8 nitrogen and oxygen atoms in total. The lowest BCUT2D eigenvalue weighted by atomic mass is 10.1. The first-order valence-corrected chi connectivity index (χ1v) is 10.1. The molecule has 1 aromatic carbocycles. The van der Waals surface area contributed by atoms with Gasteiger partial charge in [0.05, 0.1) is 24.5 Å².